The van der Waals surface area contributed by atoms with E-state index in [1.807, 2.05) is 28.7 Å². The first-order chi connectivity index (χ1) is 12.2. The average Bonchev–Trinajstić information content (AvgIpc) is 3.07. The van der Waals surface area contributed by atoms with Crippen LogP contribution in [0.25, 0.3) is 27.9 Å². The van der Waals surface area contributed by atoms with Crippen LogP contribution in [-0.4, -0.2) is 37.7 Å². The van der Waals surface area contributed by atoms with Crippen LogP contribution in [0.1, 0.15) is 0 Å². The minimum atomic E-state index is -0.174. The molecule has 0 aliphatic rings. The molecule has 5 N–H and O–H groups in total. The van der Waals surface area contributed by atoms with Gasteiger partial charge in [0.2, 0.25) is 0 Å². The Bertz CT molecular complexity index is 1070. The number of aromatic nitrogens is 3. The molecule has 0 amide bonds. The summed E-state index contributed by atoms with van der Waals surface area (Å²) >= 11 is 0. The second kappa shape index (κ2) is 5.95. The smallest absolute Gasteiger partial charge is 0.181 e. The van der Waals surface area contributed by atoms with Crippen molar-refractivity contribution < 1.29 is 10.2 Å². The van der Waals surface area contributed by atoms with Crippen molar-refractivity contribution in [3.63, 3.8) is 0 Å². The highest BCUT2D eigenvalue weighted by Crippen LogP contribution is 2.33. The monoisotopic (exact) mass is 335 g/mol. The van der Waals surface area contributed by atoms with Crippen molar-refractivity contribution in [3.05, 3.63) is 48.7 Å². The van der Waals surface area contributed by atoms with Crippen LogP contribution in [-0.2, 0) is 0 Å². The average molecular weight is 335 g/mol. The molecule has 0 saturated carbocycles. The van der Waals surface area contributed by atoms with Gasteiger partial charge >= 0.3 is 0 Å². The van der Waals surface area contributed by atoms with E-state index >= 15 is 0 Å². The molecule has 2 aromatic carbocycles. The molecular formula is C18H17N5O2. The van der Waals surface area contributed by atoms with Crippen LogP contribution in [0.2, 0.25) is 0 Å². The molecule has 0 atom stereocenters. The van der Waals surface area contributed by atoms with Crippen LogP contribution in [0.5, 0.6) is 11.5 Å². The third kappa shape index (κ3) is 2.50. The standard InChI is InChI=1S/C18H17N5O2/c19-7-8-20-17-18-21-10-14(11-5-6-15(24)16(25)9-11)23(18)13-4-2-1-3-12(13)22-17/h1-6,9-10,24-25H,7-8,19H2,(H,20,22). The molecule has 4 aromatic rings. The van der Waals surface area contributed by atoms with Crippen molar-refractivity contribution >= 4 is 22.5 Å². The largest absolute Gasteiger partial charge is 0.504 e. The Kier molecular flexibility index (Phi) is 3.62. The number of hydrogen-bond donors (Lipinski definition) is 4. The van der Waals surface area contributed by atoms with E-state index in [0.29, 0.717) is 24.6 Å². The first kappa shape index (κ1) is 15.2. The predicted molar refractivity (Wildman–Crippen MR) is 96.8 cm³/mol. The van der Waals surface area contributed by atoms with Gasteiger partial charge in [0.1, 0.15) is 0 Å². The molecule has 0 spiro atoms. The second-order valence-corrected chi connectivity index (χ2v) is 5.67. The van der Waals surface area contributed by atoms with Gasteiger partial charge in [-0.3, -0.25) is 4.40 Å². The van der Waals surface area contributed by atoms with Crippen LogP contribution < -0.4 is 11.1 Å². The summed E-state index contributed by atoms with van der Waals surface area (Å²) < 4.78 is 1.98. The number of imidazole rings is 1. The lowest BCUT2D eigenvalue weighted by atomic mass is 10.1. The van der Waals surface area contributed by atoms with Gasteiger partial charge in [-0.1, -0.05) is 12.1 Å². The van der Waals surface area contributed by atoms with Gasteiger partial charge in [0.25, 0.3) is 0 Å². The number of phenols is 2. The van der Waals surface area contributed by atoms with E-state index in [4.69, 9.17) is 5.73 Å². The third-order valence-corrected chi connectivity index (χ3v) is 4.04. The predicted octanol–water partition coefficient (Wildman–Crippen LogP) is 2.33. The molecule has 0 radical (unpaired) electrons. The van der Waals surface area contributed by atoms with Gasteiger partial charge in [-0.15, -0.1) is 0 Å². The number of fused-ring (bicyclic) bond motifs is 3. The molecule has 0 fully saturated rings. The fourth-order valence-corrected chi connectivity index (χ4v) is 2.88. The van der Waals surface area contributed by atoms with Gasteiger partial charge in [0, 0.05) is 18.7 Å². The van der Waals surface area contributed by atoms with Crippen LogP contribution in [0.15, 0.2) is 48.7 Å². The van der Waals surface area contributed by atoms with E-state index in [1.165, 1.54) is 12.1 Å². The Morgan fingerprint density at radius 3 is 2.72 bits per heavy atom. The number of benzene rings is 2. The normalized spacial score (nSPS) is 11.2. The highest BCUT2D eigenvalue weighted by Gasteiger charge is 2.15. The molecule has 2 aromatic heterocycles. The lowest BCUT2D eigenvalue weighted by Crippen LogP contribution is -2.15. The van der Waals surface area contributed by atoms with Crippen LogP contribution in [0, 0.1) is 0 Å². The van der Waals surface area contributed by atoms with Gasteiger partial charge < -0.3 is 21.3 Å². The molecule has 2 heterocycles. The lowest BCUT2D eigenvalue weighted by molar-refractivity contribution is 0.404. The van der Waals surface area contributed by atoms with Gasteiger partial charge in [-0.2, -0.15) is 0 Å². The summed E-state index contributed by atoms with van der Waals surface area (Å²) in [7, 11) is 0. The molecule has 0 saturated heterocycles. The second-order valence-electron chi connectivity index (χ2n) is 5.67. The summed E-state index contributed by atoms with van der Waals surface area (Å²) in [5, 5.41) is 22.6. The SMILES string of the molecule is NCCNc1nc2ccccc2n2c(-c3ccc(O)c(O)c3)cnc12. The molecule has 0 unspecified atom stereocenters. The van der Waals surface area contributed by atoms with Gasteiger partial charge in [-0.25, -0.2) is 9.97 Å². The Morgan fingerprint density at radius 1 is 1.08 bits per heavy atom. The molecule has 0 aliphatic carbocycles. The highest BCUT2D eigenvalue weighted by atomic mass is 16.3. The summed E-state index contributed by atoms with van der Waals surface area (Å²) in [5.74, 6) is 0.320. The fraction of sp³-hybridized carbons (Fsp3) is 0.111. The molecule has 0 bridgehead atoms. The first-order valence-electron chi connectivity index (χ1n) is 7.91. The zero-order chi connectivity index (χ0) is 17.4. The maximum atomic E-state index is 9.84. The zero-order valence-electron chi connectivity index (χ0n) is 13.3. The Hall–Kier alpha value is -3.32. The number of nitrogens with zero attached hydrogens (tertiary/aromatic N) is 3. The summed E-state index contributed by atoms with van der Waals surface area (Å²) in [6, 6.07) is 12.5. The quantitative estimate of drug-likeness (QED) is 0.426. The number of nitrogens with one attached hydrogen (secondary N) is 1. The number of rotatable bonds is 4. The molecule has 25 heavy (non-hydrogen) atoms. The summed E-state index contributed by atoms with van der Waals surface area (Å²) in [4.78, 5) is 9.14. The van der Waals surface area contributed by atoms with Crippen molar-refractivity contribution in [2.24, 2.45) is 5.73 Å². The summed E-state index contributed by atoms with van der Waals surface area (Å²) in [5.41, 5.74) is 9.51. The summed E-state index contributed by atoms with van der Waals surface area (Å²) in [6.07, 6.45) is 1.73. The first-order valence-corrected chi connectivity index (χ1v) is 7.91. The van der Waals surface area contributed by atoms with Crippen LogP contribution in [0.4, 0.5) is 5.82 Å². The van der Waals surface area contributed by atoms with Crippen molar-refractivity contribution in [2.75, 3.05) is 18.4 Å². The number of anilines is 1. The van der Waals surface area contributed by atoms with Gasteiger partial charge in [0.05, 0.1) is 22.9 Å². The van der Waals surface area contributed by atoms with Crippen molar-refractivity contribution in [2.45, 2.75) is 0 Å². The van der Waals surface area contributed by atoms with E-state index in [2.05, 4.69) is 15.3 Å². The molecule has 4 rings (SSSR count). The lowest BCUT2D eigenvalue weighted by Gasteiger charge is -2.11. The fourth-order valence-electron chi connectivity index (χ4n) is 2.88. The third-order valence-electron chi connectivity index (χ3n) is 4.04. The van der Waals surface area contributed by atoms with Crippen molar-refractivity contribution in [1.82, 2.24) is 14.4 Å². The topological polar surface area (TPSA) is 109 Å². The highest BCUT2D eigenvalue weighted by molar-refractivity contribution is 5.86. The minimum absolute atomic E-state index is 0.158. The van der Waals surface area contributed by atoms with Crippen molar-refractivity contribution in [1.29, 1.82) is 0 Å². The Balaban J connectivity index is 2.02. The number of aromatic hydroxyl groups is 2. The number of hydrogen-bond acceptors (Lipinski definition) is 6. The maximum Gasteiger partial charge on any atom is 0.181 e. The van der Waals surface area contributed by atoms with E-state index in [1.54, 1.807) is 12.3 Å². The molecule has 7 nitrogen and oxygen atoms in total. The van der Waals surface area contributed by atoms with Crippen LogP contribution in [0.3, 0.4) is 0 Å². The Morgan fingerprint density at radius 2 is 1.92 bits per heavy atom. The minimum Gasteiger partial charge on any atom is -0.504 e. The Labute approximate surface area is 143 Å². The van der Waals surface area contributed by atoms with E-state index < -0.39 is 0 Å². The van der Waals surface area contributed by atoms with E-state index in [0.717, 1.165) is 22.3 Å². The van der Waals surface area contributed by atoms with E-state index in [9.17, 15) is 10.2 Å². The number of nitrogens with two attached hydrogens (primary N) is 1. The molecule has 7 heteroatoms. The molecule has 0 aliphatic heterocycles. The maximum absolute atomic E-state index is 9.84. The molecule has 126 valence electrons. The van der Waals surface area contributed by atoms with Crippen LogP contribution >= 0.6 is 0 Å². The van der Waals surface area contributed by atoms with Crippen molar-refractivity contribution in [3.8, 4) is 22.8 Å². The van der Waals surface area contributed by atoms with Gasteiger partial charge in [-0.05, 0) is 30.3 Å². The zero-order valence-corrected chi connectivity index (χ0v) is 13.3. The summed E-state index contributed by atoms with van der Waals surface area (Å²) in [6.45, 7) is 1.07. The number of para-hydroxylation sites is 2. The van der Waals surface area contributed by atoms with E-state index in [-0.39, 0.29) is 11.5 Å². The molecular weight excluding hydrogens is 318 g/mol. The number of phenolic OH excluding ortho intramolecular Hbond substituents is 2. The van der Waals surface area contributed by atoms with Gasteiger partial charge in [0.15, 0.2) is 23.0 Å².